The SMILES string of the molecule is Cc1[nH]c(=S)sc1CC(=O)N(C)CC1(N(C)C)CCC1. The first kappa shape index (κ1) is 15.7. The fourth-order valence-electron chi connectivity index (χ4n) is 2.74. The summed E-state index contributed by atoms with van der Waals surface area (Å²) in [6.07, 6.45) is 4.07. The maximum atomic E-state index is 12.4. The van der Waals surface area contributed by atoms with E-state index in [1.807, 2.05) is 18.9 Å². The molecular formula is C14H23N3OS2. The Balaban J connectivity index is 1.99. The van der Waals surface area contributed by atoms with E-state index >= 15 is 0 Å². The molecule has 1 aromatic rings. The van der Waals surface area contributed by atoms with Crippen molar-refractivity contribution in [1.29, 1.82) is 0 Å². The minimum Gasteiger partial charge on any atom is -0.344 e. The molecule has 1 fully saturated rings. The zero-order chi connectivity index (χ0) is 14.9. The number of hydrogen-bond donors (Lipinski definition) is 1. The lowest BCUT2D eigenvalue weighted by molar-refractivity contribution is -0.131. The van der Waals surface area contributed by atoms with Gasteiger partial charge in [0, 0.05) is 29.7 Å². The molecule has 1 aliphatic carbocycles. The van der Waals surface area contributed by atoms with E-state index in [0.717, 1.165) is 21.1 Å². The van der Waals surface area contributed by atoms with Crippen molar-refractivity contribution in [2.45, 2.75) is 38.1 Å². The molecule has 0 unspecified atom stereocenters. The van der Waals surface area contributed by atoms with Crippen LogP contribution in [-0.4, -0.2) is 53.9 Å². The highest BCUT2D eigenvalue weighted by Gasteiger charge is 2.40. The van der Waals surface area contributed by atoms with Crippen molar-refractivity contribution in [3.63, 3.8) is 0 Å². The quantitative estimate of drug-likeness (QED) is 0.849. The van der Waals surface area contributed by atoms with Crippen LogP contribution in [0, 0.1) is 10.9 Å². The van der Waals surface area contributed by atoms with Gasteiger partial charge < -0.3 is 14.8 Å². The summed E-state index contributed by atoms with van der Waals surface area (Å²) in [7, 11) is 6.13. The van der Waals surface area contributed by atoms with Gasteiger partial charge in [0.1, 0.15) is 0 Å². The molecule has 0 atom stereocenters. The Kier molecular flexibility index (Phi) is 4.66. The number of amides is 1. The second-order valence-corrected chi connectivity index (χ2v) is 7.73. The Hall–Kier alpha value is -0.720. The highest BCUT2D eigenvalue weighted by Crippen LogP contribution is 2.36. The highest BCUT2D eigenvalue weighted by atomic mass is 32.1. The van der Waals surface area contributed by atoms with Crippen LogP contribution in [0.4, 0.5) is 0 Å². The molecule has 20 heavy (non-hydrogen) atoms. The van der Waals surface area contributed by atoms with Crippen molar-refractivity contribution in [2.75, 3.05) is 27.7 Å². The van der Waals surface area contributed by atoms with Crippen molar-refractivity contribution in [1.82, 2.24) is 14.8 Å². The van der Waals surface area contributed by atoms with Gasteiger partial charge >= 0.3 is 0 Å². The molecule has 1 aliphatic rings. The van der Waals surface area contributed by atoms with Crippen molar-refractivity contribution in [2.24, 2.45) is 0 Å². The van der Waals surface area contributed by atoms with Gasteiger partial charge in [-0.25, -0.2) is 0 Å². The van der Waals surface area contributed by atoms with Gasteiger partial charge in [-0.1, -0.05) is 0 Å². The fraction of sp³-hybridized carbons (Fsp3) is 0.714. The smallest absolute Gasteiger partial charge is 0.227 e. The number of H-pyrrole nitrogens is 1. The Morgan fingerprint density at radius 3 is 2.45 bits per heavy atom. The predicted molar refractivity (Wildman–Crippen MR) is 85.9 cm³/mol. The van der Waals surface area contributed by atoms with E-state index in [2.05, 4.69) is 24.0 Å². The maximum Gasteiger partial charge on any atom is 0.227 e. The number of likely N-dealkylation sites (N-methyl/N-ethyl adjacent to an activating group) is 2. The highest BCUT2D eigenvalue weighted by molar-refractivity contribution is 7.73. The topological polar surface area (TPSA) is 39.3 Å². The van der Waals surface area contributed by atoms with E-state index in [1.54, 1.807) is 0 Å². The van der Waals surface area contributed by atoms with Gasteiger partial charge in [-0.05, 0) is 52.5 Å². The molecule has 1 heterocycles. The summed E-state index contributed by atoms with van der Waals surface area (Å²) >= 11 is 6.63. The number of thiazole rings is 1. The largest absolute Gasteiger partial charge is 0.344 e. The summed E-state index contributed by atoms with van der Waals surface area (Å²) in [6, 6.07) is 0. The van der Waals surface area contributed by atoms with Crippen LogP contribution in [-0.2, 0) is 11.2 Å². The van der Waals surface area contributed by atoms with Crippen LogP contribution in [0.5, 0.6) is 0 Å². The third-order valence-electron chi connectivity index (χ3n) is 4.43. The minimum atomic E-state index is 0.173. The monoisotopic (exact) mass is 313 g/mol. The molecule has 1 saturated carbocycles. The number of carbonyl (C=O) groups is 1. The van der Waals surface area contributed by atoms with E-state index in [4.69, 9.17) is 12.2 Å². The molecule has 112 valence electrons. The maximum absolute atomic E-state index is 12.4. The first-order chi connectivity index (χ1) is 9.34. The number of hydrogen-bond acceptors (Lipinski definition) is 4. The van der Waals surface area contributed by atoms with Gasteiger partial charge in [0.15, 0.2) is 3.95 Å². The average molecular weight is 313 g/mol. The lowest BCUT2D eigenvalue weighted by atomic mass is 9.75. The number of aryl methyl sites for hydroxylation is 1. The number of nitrogens with zero attached hydrogens (tertiary/aromatic N) is 2. The number of aromatic nitrogens is 1. The number of aromatic amines is 1. The standard InChI is InChI=1S/C14H23N3OS2/c1-10-11(20-13(19)15-10)8-12(18)17(4)9-14(16(2)3)6-5-7-14/h5-9H2,1-4H3,(H,15,19). The van der Waals surface area contributed by atoms with Gasteiger partial charge in [-0.2, -0.15) is 0 Å². The predicted octanol–water partition coefficient (Wildman–Crippen LogP) is 2.60. The Morgan fingerprint density at radius 2 is 2.05 bits per heavy atom. The molecule has 0 aromatic carbocycles. The third kappa shape index (κ3) is 3.13. The van der Waals surface area contributed by atoms with Gasteiger partial charge in [-0.3, -0.25) is 4.79 Å². The second-order valence-electron chi connectivity index (χ2n) is 5.96. The van der Waals surface area contributed by atoms with Crippen molar-refractivity contribution < 1.29 is 4.79 Å². The molecule has 0 spiro atoms. The summed E-state index contributed by atoms with van der Waals surface area (Å²) < 4.78 is 0.747. The van der Waals surface area contributed by atoms with E-state index in [9.17, 15) is 4.79 Å². The van der Waals surface area contributed by atoms with E-state index in [0.29, 0.717) is 6.42 Å². The Bertz CT molecular complexity index is 543. The molecule has 6 heteroatoms. The molecule has 0 saturated heterocycles. The molecule has 0 aliphatic heterocycles. The van der Waals surface area contributed by atoms with Gasteiger partial charge in [0.05, 0.1) is 6.42 Å². The zero-order valence-corrected chi connectivity index (χ0v) is 14.3. The first-order valence-electron chi connectivity index (χ1n) is 6.94. The Morgan fingerprint density at radius 1 is 1.40 bits per heavy atom. The molecular weight excluding hydrogens is 290 g/mol. The minimum absolute atomic E-state index is 0.173. The van der Waals surface area contributed by atoms with E-state index in [1.165, 1.54) is 30.6 Å². The lowest BCUT2D eigenvalue weighted by Gasteiger charge is -2.49. The van der Waals surface area contributed by atoms with Crippen LogP contribution in [0.25, 0.3) is 0 Å². The van der Waals surface area contributed by atoms with Gasteiger partial charge in [0.2, 0.25) is 5.91 Å². The third-order valence-corrected chi connectivity index (χ3v) is 5.76. The van der Waals surface area contributed by atoms with E-state index in [-0.39, 0.29) is 11.4 Å². The molecule has 0 bridgehead atoms. The van der Waals surface area contributed by atoms with Crippen molar-refractivity contribution in [3.8, 4) is 0 Å². The van der Waals surface area contributed by atoms with Gasteiger partial charge in [-0.15, -0.1) is 11.3 Å². The summed E-state index contributed by atoms with van der Waals surface area (Å²) in [5, 5.41) is 0. The summed E-state index contributed by atoms with van der Waals surface area (Å²) in [4.78, 5) is 20.7. The molecule has 1 N–H and O–H groups in total. The number of rotatable bonds is 5. The normalized spacial score (nSPS) is 17.1. The Labute approximate surface area is 129 Å². The average Bonchev–Trinajstić information content (AvgIpc) is 2.61. The van der Waals surface area contributed by atoms with Crippen LogP contribution in [0.15, 0.2) is 0 Å². The zero-order valence-electron chi connectivity index (χ0n) is 12.7. The van der Waals surface area contributed by atoms with Crippen LogP contribution in [0.2, 0.25) is 0 Å². The molecule has 1 aromatic heterocycles. The second kappa shape index (κ2) is 5.95. The lowest BCUT2D eigenvalue weighted by Crippen LogP contribution is -2.57. The van der Waals surface area contributed by atoms with Crippen molar-refractivity contribution >= 4 is 29.5 Å². The molecule has 0 radical (unpaired) electrons. The van der Waals surface area contributed by atoms with Crippen LogP contribution < -0.4 is 0 Å². The van der Waals surface area contributed by atoms with Crippen LogP contribution in [0.1, 0.15) is 29.8 Å². The van der Waals surface area contributed by atoms with Gasteiger partial charge in [0.25, 0.3) is 0 Å². The van der Waals surface area contributed by atoms with E-state index < -0.39 is 0 Å². The number of nitrogens with one attached hydrogen (secondary N) is 1. The molecule has 4 nitrogen and oxygen atoms in total. The fourth-order valence-corrected chi connectivity index (χ4v) is 4.02. The number of carbonyl (C=O) groups excluding carboxylic acids is 1. The first-order valence-corrected chi connectivity index (χ1v) is 8.16. The van der Waals surface area contributed by atoms with Crippen LogP contribution in [0.3, 0.4) is 0 Å². The summed E-state index contributed by atoms with van der Waals surface area (Å²) in [6.45, 7) is 2.79. The molecule has 1 amide bonds. The van der Waals surface area contributed by atoms with Crippen LogP contribution >= 0.6 is 23.6 Å². The summed E-state index contributed by atoms with van der Waals surface area (Å²) in [5.74, 6) is 0.173. The molecule has 2 rings (SSSR count). The summed E-state index contributed by atoms with van der Waals surface area (Å²) in [5.41, 5.74) is 1.21. The van der Waals surface area contributed by atoms with Crippen molar-refractivity contribution in [3.05, 3.63) is 14.5 Å².